The van der Waals surface area contributed by atoms with Crippen LogP contribution in [0.15, 0.2) is 23.8 Å². The molecule has 0 bridgehead atoms. The fourth-order valence-electron chi connectivity index (χ4n) is 1.54. The van der Waals surface area contributed by atoms with E-state index in [9.17, 15) is 4.79 Å². The third kappa shape index (κ3) is 3.86. The van der Waals surface area contributed by atoms with Crippen molar-refractivity contribution in [3.63, 3.8) is 0 Å². The number of H-pyrrole nitrogens is 1. The van der Waals surface area contributed by atoms with Gasteiger partial charge in [-0.25, -0.2) is 4.98 Å². The molecule has 2 heterocycles. The minimum absolute atomic E-state index is 0.368. The third-order valence-corrected chi connectivity index (χ3v) is 3.78. The molecule has 0 spiro atoms. The molecule has 2 aromatic heterocycles. The van der Waals surface area contributed by atoms with Crippen molar-refractivity contribution in [3.8, 4) is 10.6 Å². The number of thiophene rings is 1. The summed E-state index contributed by atoms with van der Waals surface area (Å²) in [4.78, 5) is 19.8. The second-order valence-electron chi connectivity index (χ2n) is 3.71. The Morgan fingerprint density at radius 3 is 2.89 bits per heavy atom. The van der Waals surface area contributed by atoms with Crippen molar-refractivity contribution < 1.29 is 4.79 Å². The van der Waals surface area contributed by atoms with Gasteiger partial charge in [0.2, 0.25) is 0 Å². The second-order valence-corrected chi connectivity index (χ2v) is 6.94. The summed E-state index contributed by atoms with van der Waals surface area (Å²) in [5.41, 5.74) is 1.82. The summed E-state index contributed by atoms with van der Waals surface area (Å²) in [7, 11) is 0. The molecule has 2 N–H and O–H groups in total. The maximum atomic E-state index is 11.4. The van der Waals surface area contributed by atoms with Gasteiger partial charge >= 0.3 is 0 Å². The Morgan fingerprint density at radius 2 is 2.26 bits per heavy atom. The van der Waals surface area contributed by atoms with Crippen LogP contribution < -0.4 is 5.32 Å². The molecule has 2 rings (SSSR count). The lowest BCUT2D eigenvalue weighted by molar-refractivity contribution is -0.120. The lowest BCUT2D eigenvalue weighted by Crippen LogP contribution is -2.35. The summed E-state index contributed by atoms with van der Waals surface area (Å²) >= 11 is 18.0. The maximum Gasteiger partial charge on any atom is 0.272 e. The van der Waals surface area contributed by atoms with Crippen molar-refractivity contribution in [2.24, 2.45) is 0 Å². The first-order chi connectivity index (χ1) is 8.98. The number of carbonyl (C=O) groups is 1. The number of aromatic amines is 1. The third-order valence-electron chi connectivity index (χ3n) is 2.39. The fraction of sp³-hybridized carbons (Fsp3) is 0.273. The standard InChI is InChI=1S/C11H10Cl3N3OS/c12-11(13,14)10(18)15-4-3-7-9(17-6-16-7)8-2-1-5-19-8/h1-2,5-6H,3-4H2,(H,15,18)(H,16,17). The molecule has 0 aliphatic rings. The molecule has 8 heteroatoms. The van der Waals surface area contributed by atoms with Gasteiger partial charge in [-0.1, -0.05) is 40.9 Å². The predicted molar refractivity (Wildman–Crippen MR) is 78.9 cm³/mol. The zero-order valence-corrected chi connectivity index (χ0v) is 12.7. The first kappa shape index (κ1) is 14.7. The highest BCUT2D eigenvalue weighted by Gasteiger charge is 2.30. The fourth-order valence-corrected chi connectivity index (χ4v) is 2.49. The van der Waals surface area contributed by atoms with Crippen molar-refractivity contribution in [2.45, 2.75) is 10.2 Å². The van der Waals surface area contributed by atoms with Gasteiger partial charge in [-0.15, -0.1) is 11.3 Å². The van der Waals surface area contributed by atoms with Gasteiger partial charge < -0.3 is 10.3 Å². The molecule has 0 aliphatic carbocycles. The summed E-state index contributed by atoms with van der Waals surface area (Å²) in [6.45, 7) is 0.368. The first-order valence-corrected chi connectivity index (χ1v) is 7.41. The van der Waals surface area contributed by atoms with Crippen LogP contribution in [0.3, 0.4) is 0 Å². The van der Waals surface area contributed by atoms with Crippen LogP contribution in [0.4, 0.5) is 0 Å². The van der Waals surface area contributed by atoms with Crippen LogP contribution in [0, 0.1) is 0 Å². The van der Waals surface area contributed by atoms with E-state index in [1.807, 2.05) is 17.5 Å². The molecule has 0 fully saturated rings. The molecular weight excluding hydrogens is 329 g/mol. The number of alkyl halides is 3. The number of nitrogens with zero attached hydrogens (tertiary/aromatic N) is 1. The molecule has 0 saturated heterocycles. The van der Waals surface area contributed by atoms with E-state index in [-0.39, 0.29) is 0 Å². The topological polar surface area (TPSA) is 57.8 Å². The van der Waals surface area contributed by atoms with Crippen LogP contribution in [0.5, 0.6) is 0 Å². The SMILES string of the molecule is O=C(NCCc1[nH]cnc1-c1cccs1)C(Cl)(Cl)Cl. The number of aromatic nitrogens is 2. The summed E-state index contributed by atoms with van der Waals surface area (Å²) in [5, 5.41) is 4.54. The number of amides is 1. The Morgan fingerprint density at radius 1 is 1.47 bits per heavy atom. The Kier molecular flexibility index (Phi) is 4.73. The van der Waals surface area contributed by atoms with Gasteiger partial charge in [0.05, 0.1) is 11.2 Å². The average molecular weight is 339 g/mol. The number of hydrogen-bond donors (Lipinski definition) is 2. The van der Waals surface area contributed by atoms with E-state index in [0.29, 0.717) is 13.0 Å². The minimum Gasteiger partial charge on any atom is -0.352 e. The second kappa shape index (κ2) is 6.13. The summed E-state index contributed by atoms with van der Waals surface area (Å²) in [6.07, 6.45) is 2.21. The molecule has 2 aromatic rings. The Labute approximate surface area is 129 Å². The van der Waals surface area contributed by atoms with E-state index in [1.54, 1.807) is 17.7 Å². The first-order valence-electron chi connectivity index (χ1n) is 5.39. The Hall–Kier alpha value is -0.750. The van der Waals surface area contributed by atoms with E-state index in [1.165, 1.54) is 0 Å². The lowest BCUT2D eigenvalue weighted by atomic mass is 10.2. The number of rotatable bonds is 4. The largest absolute Gasteiger partial charge is 0.352 e. The van der Waals surface area contributed by atoms with Crippen LogP contribution in [0.1, 0.15) is 5.69 Å². The van der Waals surface area contributed by atoms with Crippen molar-refractivity contribution in [2.75, 3.05) is 6.54 Å². The zero-order valence-electron chi connectivity index (χ0n) is 9.62. The monoisotopic (exact) mass is 337 g/mol. The summed E-state index contributed by atoms with van der Waals surface area (Å²) in [6, 6.07) is 3.95. The van der Waals surface area contributed by atoms with E-state index < -0.39 is 9.70 Å². The molecule has 0 radical (unpaired) electrons. The molecule has 0 saturated carbocycles. The lowest BCUT2D eigenvalue weighted by Gasteiger charge is -2.10. The number of carbonyl (C=O) groups excluding carboxylic acids is 1. The van der Waals surface area contributed by atoms with Gasteiger partial charge in [-0.3, -0.25) is 4.79 Å². The quantitative estimate of drug-likeness (QED) is 0.841. The summed E-state index contributed by atoms with van der Waals surface area (Å²) in [5.74, 6) is -0.630. The number of nitrogens with one attached hydrogen (secondary N) is 2. The molecular formula is C11H10Cl3N3OS. The minimum atomic E-state index is -1.93. The van der Waals surface area contributed by atoms with E-state index in [4.69, 9.17) is 34.8 Å². The smallest absolute Gasteiger partial charge is 0.272 e. The normalized spacial score (nSPS) is 11.5. The van der Waals surface area contributed by atoms with Gasteiger partial charge in [0.1, 0.15) is 5.69 Å². The maximum absolute atomic E-state index is 11.4. The van der Waals surface area contributed by atoms with Crippen LogP contribution >= 0.6 is 46.1 Å². The summed E-state index contributed by atoms with van der Waals surface area (Å²) < 4.78 is -1.93. The van der Waals surface area contributed by atoms with Gasteiger partial charge in [-0.05, 0) is 11.4 Å². The molecule has 0 unspecified atom stereocenters. The molecule has 4 nitrogen and oxygen atoms in total. The van der Waals surface area contributed by atoms with Crippen molar-refractivity contribution in [1.29, 1.82) is 0 Å². The van der Waals surface area contributed by atoms with Crippen LogP contribution in [0.25, 0.3) is 10.6 Å². The van der Waals surface area contributed by atoms with E-state index in [0.717, 1.165) is 16.3 Å². The highest BCUT2D eigenvalue weighted by molar-refractivity contribution is 7.13. The van der Waals surface area contributed by atoms with Gasteiger partial charge in [-0.2, -0.15) is 0 Å². The van der Waals surface area contributed by atoms with Gasteiger partial charge in [0.15, 0.2) is 0 Å². The van der Waals surface area contributed by atoms with Crippen LogP contribution in [-0.2, 0) is 11.2 Å². The molecule has 19 heavy (non-hydrogen) atoms. The molecule has 0 aliphatic heterocycles. The molecule has 0 atom stereocenters. The van der Waals surface area contributed by atoms with Gasteiger partial charge in [0, 0.05) is 18.7 Å². The molecule has 0 aromatic carbocycles. The van der Waals surface area contributed by atoms with E-state index in [2.05, 4.69) is 15.3 Å². The predicted octanol–water partition coefficient (Wildman–Crippen LogP) is 3.17. The van der Waals surface area contributed by atoms with Gasteiger partial charge in [0.25, 0.3) is 9.70 Å². The average Bonchev–Trinajstić information content (AvgIpc) is 2.97. The van der Waals surface area contributed by atoms with Crippen molar-refractivity contribution in [3.05, 3.63) is 29.5 Å². The zero-order chi connectivity index (χ0) is 13.9. The number of halogens is 3. The number of imidazole rings is 1. The van der Waals surface area contributed by atoms with Crippen LogP contribution in [-0.4, -0.2) is 26.2 Å². The van der Waals surface area contributed by atoms with E-state index >= 15 is 0 Å². The Balaban J connectivity index is 1.95. The molecule has 102 valence electrons. The highest BCUT2D eigenvalue weighted by Crippen LogP contribution is 2.26. The van der Waals surface area contributed by atoms with Crippen molar-refractivity contribution >= 4 is 52.0 Å². The number of hydrogen-bond acceptors (Lipinski definition) is 3. The Bertz CT molecular complexity index is 548. The van der Waals surface area contributed by atoms with Crippen molar-refractivity contribution in [1.82, 2.24) is 15.3 Å². The van der Waals surface area contributed by atoms with Crippen LogP contribution in [0.2, 0.25) is 0 Å². The molecule has 1 amide bonds. The highest BCUT2D eigenvalue weighted by atomic mass is 35.6.